The number of rotatable bonds is 6. The molecule has 1 amide bonds. The van der Waals surface area contributed by atoms with Gasteiger partial charge < -0.3 is 15.2 Å². The van der Waals surface area contributed by atoms with Gasteiger partial charge in [-0.3, -0.25) is 19.6 Å². The monoisotopic (exact) mass is 486 g/mol. The standard InChI is InChI=1S/C22H20Cl2N6O3/c1-11(20-17(23)8-25-9-18(20)24)33-15-2-3-19-16(6-15)21(29-28-19)22(32)27-12-7-26-30(10-12)13-4-14(31)5-13/h2-3,6-11,13-14,31H,4-5H2,1H3,(H,27,32)(H,28,29)/t11-,13?,14?/m1/s1. The Kier molecular flexibility index (Phi) is 5.69. The molecular weight excluding hydrogens is 467 g/mol. The molecule has 1 aliphatic rings. The first kappa shape index (κ1) is 21.7. The zero-order valence-electron chi connectivity index (χ0n) is 17.5. The molecule has 0 radical (unpaired) electrons. The van der Waals surface area contributed by atoms with Crippen molar-refractivity contribution in [2.45, 2.75) is 38.0 Å². The highest BCUT2D eigenvalue weighted by molar-refractivity contribution is 6.35. The van der Waals surface area contributed by atoms with Crippen molar-refractivity contribution in [3.8, 4) is 5.75 Å². The summed E-state index contributed by atoms with van der Waals surface area (Å²) in [6.07, 6.45) is 6.96. The largest absolute Gasteiger partial charge is 0.486 e. The van der Waals surface area contributed by atoms with Crippen LogP contribution in [0.4, 0.5) is 5.69 Å². The number of amides is 1. The molecule has 5 rings (SSSR count). The fourth-order valence-corrected chi connectivity index (χ4v) is 4.55. The Balaban J connectivity index is 1.34. The second kappa shape index (κ2) is 8.66. The van der Waals surface area contributed by atoms with Crippen molar-refractivity contribution in [1.29, 1.82) is 0 Å². The molecular formula is C22H20Cl2N6O3. The van der Waals surface area contributed by atoms with E-state index in [1.54, 1.807) is 35.3 Å². The molecule has 0 aliphatic heterocycles. The summed E-state index contributed by atoms with van der Waals surface area (Å²) in [6.45, 7) is 1.83. The Hall–Kier alpha value is -3.14. The minimum atomic E-state index is -0.439. The predicted molar refractivity (Wildman–Crippen MR) is 124 cm³/mol. The number of aliphatic hydroxyl groups excluding tert-OH is 1. The number of carbonyl (C=O) groups is 1. The number of H-pyrrole nitrogens is 1. The molecule has 9 nitrogen and oxygen atoms in total. The predicted octanol–water partition coefficient (Wildman–Crippen LogP) is 4.55. The molecule has 0 spiro atoms. The summed E-state index contributed by atoms with van der Waals surface area (Å²) in [5.41, 5.74) is 2.12. The molecule has 3 N–H and O–H groups in total. The summed E-state index contributed by atoms with van der Waals surface area (Å²) in [5.74, 6) is 0.158. The van der Waals surface area contributed by atoms with Gasteiger partial charge in [0.1, 0.15) is 11.9 Å². The van der Waals surface area contributed by atoms with E-state index in [0.717, 1.165) is 0 Å². The third kappa shape index (κ3) is 4.27. The lowest BCUT2D eigenvalue weighted by Gasteiger charge is -2.31. The molecule has 11 heteroatoms. The van der Waals surface area contributed by atoms with Crippen LogP contribution in [-0.2, 0) is 0 Å². The van der Waals surface area contributed by atoms with E-state index in [9.17, 15) is 9.90 Å². The average molecular weight is 487 g/mol. The molecule has 1 atom stereocenters. The molecule has 33 heavy (non-hydrogen) atoms. The van der Waals surface area contributed by atoms with E-state index in [4.69, 9.17) is 27.9 Å². The lowest BCUT2D eigenvalue weighted by atomic mass is 9.90. The zero-order chi connectivity index (χ0) is 23.1. The van der Waals surface area contributed by atoms with E-state index in [-0.39, 0.29) is 23.7 Å². The van der Waals surface area contributed by atoms with Crippen LogP contribution in [0.1, 0.15) is 48.0 Å². The maximum atomic E-state index is 12.9. The molecule has 1 saturated carbocycles. The number of ether oxygens (including phenoxy) is 1. The van der Waals surface area contributed by atoms with Gasteiger partial charge in [0, 0.05) is 29.5 Å². The van der Waals surface area contributed by atoms with Crippen molar-refractivity contribution in [3.63, 3.8) is 0 Å². The third-order valence-corrected chi connectivity index (χ3v) is 6.28. The Bertz CT molecular complexity index is 1310. The number of hydrogen-bond acceptors (Lipinski definition) is 6. The fourth-order valence-electron chi connectivity index (χ4n) is 3.88. The van der Waals surface area contributed by atoms with Crippen LogP contribution < -0.4 is 10.1 Å². The van der Waals surface area contributed by atoms with Crippen LogP contribution in [0.25, 0.3) is 10.9 Å². The number of benzene rings is 1. The molecule has 3 heterocycles. The first-order valence-corrected chi connectivity index (χ1v) is 11.1. The quantitative estimate of drug-likeness (QED) is 0.367. The number of carbonyl (C=O) groups excluding carboxylic acids is 1. The van der Waals surface area contributed by atoms with Crippen molar-refractivity contribution in [2.24, 2.45) is 0 Å². The normalized spacial score (nSPS) is 18.7. The molecule has 170 valence electrons. The van der Waals surface area contributed by atoms with Crippen LogP contribution >= 0.6 is 23.2 Å². The number of pyridine rings is 1. The van der Waals surface area contributed by atoms with E-state index < -0.39 is 6.10 Å². The first-order valence-electron chi connectivity index (χ1n) is 10.4. The summed E-state index contributed by atoms with van der Waals surface area (Å²) in [6, 6.07) is 5.46. The highest BCUT2D eigenvalue weighted by Gasteiger charge is 2.29. The van der Waals surface area contributed by atoms with E-state index in [1.165, 1.54) is 12.4 Å². The Morgan fingerprint density at radius 3 is 2.76 bits per heavy atom. The van der Waals surface area contributed by atoms with Gasteiger partial charge in [0.15, 0.2) is 5.69 Å². The fraction of sp³-hybridized carbons (Fsp3) is 0.273. The van der Waals surface area contributed by atoms with Gasteiger partial charge in [-0.25, -0.2) is 0 Å². The van der Waals surface area contributed by atoms with Crippen molar-refractivity contribution < 1.29 is 14.6 Å². The van der Waals surface area contributed by atoms with Crippen LogP contribution in [0.2, 0.25) is 10.0 Å². The van der Waals surface area contributed by atoms with Crippen LogP contribution in [0, 0.1) is 0 Å². The molecule has 1 fully saturated rings. The number of aromatic nitrogens is 5. The highest BCUT2D eigenvalue weighted by Crippen LogP contribution is 2.34. The number of fused-ring (bicyclic) bond motifs is 1. The van der Waals surface area contributed by atoms with Crippen molar-refractivity contribution in [3.05, 3.63) is 64.3 Å². The van der Waals surface area contributed by atoms with Gasteiger partial charge in [0.2, 0.25) is 0 Å². The summed E-state index contributed by atoms with van der Waals surface area (Å²) in [4.78, 5) is 16.9. The first-order chi connectivity index (χ1) is 15.9. The smallest absolute Gasteiger partial charge is 0.276 e. The summed E-state index contributed by atoms with van der Waals surface area (Å²) in [7, 11) is 0. The third-order valence-electron chi connectivity index (χ3n) is 5.68. The lowest BCUT2D eigenvalue weighted by molar-refractivity contribution is 0.0434. The van der Waals surface area contributed by atoms with E-state index in [1.807, 2.05) is 6.92 Å². The second-order valence-electron chi connectivity index (χ2n) is 8.00. The molecule has 0 saturated heterocycles. The van der Waals surface area contributed by atoms with Gasteiger partial charge >= 0.3 is 0 Å². The van der Waals surface area contributed by atoms with E-state index in [2.05, 4.69) is 25.6 Å². The van der Waals surface area contributed by atoms with Gasteiger partial charge in [-0.1, -0.05) is 23.2 Å². The van der Waals surface area contributed by atoms with Crippen LogP contribution in [-0.4, -0.2) is 42.1 Å². The number of nitrogens with one attached hydrogen (secondary N) is 2. The van der Waals surface area contributed by atoms with Gasteiger partial charge in [0.05, 0.1) is 39.6 Å². The van der Waals surface area contributed by atoms with Crippen LogP contribution in [0.15, 0.2) is 43.0 Å². The minimum Gasteiger partial charge on any atom is -0.486 e. The number of aromatic amines is 1. The SMILES string of the molecule is C[C@@H](Oc1ccc2[nH]nc(C(=O)Nc3cnn(C4CC(O)C4)c3)c2c1)c1c(Cl)cncc1Cl. The maximum absolute atomic E-state index is 12.9. The Labute approximate surface area is 198 Å². The Morgan fingerprint density at radius 1 is 1.27 bits per heavy atom. The average Bonchev–Trinajstić information content (AvgIpc) is 3.38. The molecule has 4 aromatic rings. The summed E-state index contributed by atoms with van der Waals surface area (Å²) < 4.78 is 7.80. The van der Waals surface area contributed by atoms with E-state index >= 15 is 0 Å². The van der Waals surface area contributed by atoms with Crippen molar-refractivity contribution in [1.82, 2.24) is 25.0 Å². The molecule has 0 unspecified atom stereocenters. The van der Waals surface area contributed by atoms with Gasteiger partial charge in [0.25, 0.3) is 5.91 Å². The van der Waals surface area contributed by atoms with Gasteiger partial charge in [-0.05, 0) is 38.0 Å². The van der Waals surface area contributed by atoms with Crippen LogP contribution in [0.3, 0.4) is 0 Å². The van der Waals surface area contributed by atoms with Gasteiger partial charge in [-0.15, -0.1) is 0 Å². The highest BCUT2D eigenvalue weighted by atomic mass is 35.5. The number of halogens is 2. The Morgan fingerprint density at radius 2 is 2.03 bits per heavy atom. The maximum Gasteiger partial charge on any atom is 0.276 e. The topological polar surface area (TPSA) is 118 Å². The van der Waals surface area contributed by atoms with Gasteiger partial charge in [-0.2, -0.15) is 10.2 Å². The molecule has 0 bridgehead atoms. The molecule has 1 aliphatic carbocycles. The number of hydrogen-bond donors (Lipinski definition) is 3. The number of aliphatic hydroxyl groups is 1. The van der Waals surface area contributed by atoms with Crippen LogP contribution in [0.5, 0.6) is 5.75 Å². The number of anilines is 1. The van der Waals surface area contributed by atoms with Crippen molar-refractivity contribution in [2.75, 3.05) is 5.32 Å². The van der Waals surface area contributed by atoms with Crippen molar-refractivity contribution >= 4 is 45.7 Å². The minimum absolute atomic E-state index is 0.154. The second-order valence-corrected chi connectivity index (χ2v) is 8.81. The number of nitrogens with zero attached hydrogens (tertiary/aromatic N) is 4. The summed E-state index contributed by atoms with van der Waals surface area (Å²) in [5, 5.41) is 25.1. The molecule has 3 aromatic heterocycles. The zero-order valence-corrected chi connectivity index (χ0v) is 19.0. The lowest BCUT2D eigenvalue weighted by Crippen LogP contribution is -2.31. The molecule has 1 aromatic carbocycles. The summed E-state index contributed by atoms with van der Waals surface area (Å²) >= 11 is 12.5. The van der Waals surface area contributed by atoms with E-state index in [0.29, 0.717) is 50.8 Å².